The fourth-order valence-electron chi connectivity index (χ4n) is 4.69. The first-order chi connectivity index (χ1) is 17.9. The normalized spacial score (nSPS) is 12.2. The number of nitrogen functional groups attached to an aromatic ring is 1. The Bertz CT molecular complexity index is 1580. The molecule has 37 heavy (non-hydrogen) atoms. The van der Waals surface area contributed by atoms with Crippen LogP contribution in [0.5, 0.6) is 0 Å². The van der Waals surface area contributed by atoms with Crippen LogP contribution in [-0.4, -0.2) is 37.7 Å². The van der Waals surface area contributed by atoms with Gasteiger partial charge >= 0.3 is 0 Å². The van der Waals surface area contributed by atoms with Crippen LogP contribution in [0, 0.1) is 6.92 Å². The number of nitrogens with two attached hydrogens (primary N) is 1. The van der Waals surface area contributed by atoms with Gasteiger partial charge in [-0.05, 0) is 62.1 Å². The second-order valence-electron chi connectivity index (χ2n) is 9.37. The predicted molar refractivity (Wildman–Crippen MR) is 146 cm³/mol. The van der Waals surface area contributed by atoms with E-state index in [2.05, 4.69) is 25.3 Å². The minimum Gasteiger partial charge on any atom is -0.384 e. The molecule has 0 saturated heterocycles. The Morgan fingerprint density at radius 2 is 1.84 bits per heavy atom. The maximum Gasteiger partial charge on any atom is 0.251 e. The van der Waals surface area contributed by atoms with E-state index >= 15 is 0 Å². The number of benzene rings is 2. The smallest absolute Gasteiger partial charge is 0.251 e. The topological polar surface area (TPSA) is 130 Å². The number of hydrogen-bond donors (Lipinski definition) is 4. The summed E-state index contributed by atoms with van der Waals surface area (Å²) in [5.41, 5.74) is 11.6. The van der Waals surface area contributed by atoms with E-state index in [-0.39, 0.29) is 11.7 Å². The largest absolute Gasteiger partial charge is 0.384 e. The van der Waals surface area contributed by atoms with Crippen molar-refractivity contribution in [3.63, 3.8) is 0 Å². The number of ketones is 1. The van der Waals surface area contributed by atoms with Crippen molar-refractivity contribution in [3.8, 4) is 11.3 Å². The SMILES string of the molecule is CCCC(=O)[C@@H](CCc1ccccc1)NC(=O)c1ccc2[nH]c(-c3cc(N)nc4nc(C)[nH]c34)cc2c1. The number of anilines is 1. The molecule has 5 aromatic rings. The Hall–Kier alpha value is -4.46. The summed E-state index contributed by atoms with van der Waals surface area (Å²) in [6.07, 6.45) is 2.47. The number of carbonyl (C=O) groups is 2. The zero-order valence-corrected chi connectivity index (χ0v) is 21.0. The third-order valence-corrected chi connectivity index (χ3v) is 6.53. The van der Waals surface area contributed by atoms with Crippen LogP contribution in [0.15, 0.2) is 60.7 Å². The summed E-state index contributed by atoms with van der Waals surface area (Å²) in [4.78, 5) is 41.4. The molecule has 5 rings (SSSR count). The Balaban J connectivity index is 1.39. The van der Waals surface area contributed by atoms with E-state index < -0.39 is 6.04 Å². The molecule has 0 aliphatic carbocycles. The molecule has 0 unspecified atom stereocenters. The van der Waals surface area contributed by atoms with Gasteiger partial charge in [0.1, 0.15) is 11.6 Å². The molecule has 5 N–H and O–H groups in total. The molecule has 0 fully saturated rings. The number of fused-ring (bicyclic) bond motifs is 2. The minimum absolute atomic E-state index is 0.0610. The average Bonchev–Trinajstić information content (AvgIpc) is 3.48. The number of pyridine rings is 1. The number of hydrogen-bond acceptors (Lipinski definition) is 5. The number of amides is 1. The van der Waals surface area contributed by atoms with Crippen molar-refractivity contribution in [2.75, 3.05) is 5.73 Å². The minimum atomic E-state index is -0.526. The monoisotopic (exact) mass is 494 g/mol. The summed E-state index contributed by atoms with van der Waals surface area (Å²) in [6.45, 7) is 3.84. The van der Waals surface area contributed by atoms with Gasteiger partial charge in [0.2, 0.25) is 0 Å². The van der Waals surface area contributed by atoms with Crippen molar-refractivity contribution in [2.45, 2.75) is 45.6 Å². The van der Waals surface area contributed by atoms with Crippen LogP contribution in [0.2, 0.25) is 0 Å². The zero-order chi connectivity index (χ0) is 25.9. The van der Waals surface area contributed by atoms with Gasteiger partial charge in [-0.3, -0.25) is 9.59 Å². The van der Waals surface area contributed by atoms with Crippen molar-refractivity contribution < 1.29 is 9.59 Å². The van der Waals surface area contributed by atoms with Crippen molar-refractivity contribution in [1.82, 2.24) is 25.3 Å². The molecule has 8 heteroatoms. The van der Waals surface area contributed by atoms with Crippen LogP contribution >= 0.6 is 0 Å². The molecular weight excluding hydrogens is 464 g/mol. The average molecular weight is 495 g/mol. The predicted octanol–water partition coefficient (Wildman–Crippen LogP) is 5.10. The van der Waals surface area contributed by atoms with Crippen LogP contribution in [0.1, 0.15) is 47.9 Å². The van der Waals surface area contributed by atoms with Crippen molar-refractivity contribution in [2.24, 2.45) is 0 Å². The van der Waals surface area contributed by atoms with Gasteiger partial charge in [-0.1, -0.05) is 37.3 Å². The lowest BCUT2D eigenvalue weighted by atomic mass is 9.99. The Morgan fingerprint density at radius 3 is 2.62 bits per heavy atom. The van der Waals surface area contributed by atoms with E-state index in [1.54, 1.807) is 12.1 Å². The first-order valence-electron chi connectivity index (χ1n) is 12.5. The standard InChI is InChI=1S/C29H30N6O2/c1-3-7-25(36)23(12-10-18-8-5-4-6-9-18)34-29(37)19-11-13-22-20(14-19)15-24(33-22)21-16-26(30)35-28-27(21)31-17(2)32-28/h4-6,8-9,11,13-16,23,33H,3,7,10,12H2,1-2H3,(H,34,37)(H3,30,31,32,35)/t23-/m1/s1. The summed E-state index contributed by atoms with van der Waals surface area (Å²) in [7, 11) is 0. The van der Waals surface area contributed by atoms with Crippen LogP contribution in [-0.2, 0) is 11.2 Å². The van der Waals surface area contributed by atoms with Gasteiger partial charge in [-0.2, -0.15) is 0 Å². The lowest BCUT2D eigenvalue weighted by Crippen LogP contribution is -2.41. The summed E-state index contributed by atoms with van der Waals surface area (Å²) in [6, 6.07) is 18.7. The van der Waals surface area contributed by atoms with Gasteiger partial charge in [-0.25, -0.2) is 9.97 Å². The number of H-pyrrole nitrogens is 2. The molecule has 0 aliphatic heterocycles. The molecule has 3 aromatic heterocycles. The van der Waals surface area contributed by atoms with Gasteiger partial charge in [-0.15, -0.1) is 0 Å². The van der Waals surface area contributed by atoms with Crippen molar-refractivity contribution in [1.29, 1.82) is 0 Å². The summed E-state index contributed by atoms with van der Waals surface area (Å²) in [5, 5.41) is 3.87. The van der Waals surface area contributed by atoms with Gasteiger partial charge in [0.25, 0.3) is 5.91 Å². The molecule has 0 radical (unpaired) electrons. The second-order valence-corrected chi connectivity index (χ2v) is 9.37. The third-order valence-electron chi connectivity index (χ3n) is 6.53. The zero-order valence-electron chi connectivity index (χ0n) is 21.0. The second kappa shape index (κ2) is 10.3. The number of imidazole rings is 1. The number of aryl methyl sites for hydroxylation is 2. The Kier molecular flexibility index (Phi) is 6.72. The highest BCUT2D eigenvalue weighted by Crippen LogP contribution is 2.30. The highest BCUT2D eigenvalue weighted by Gasteiger charge is 2.21. The fraction of sp³-hybridized carbons (Fsp3) is 0.241. The number of nitrogens with one attached hydrogen (secondary N) is 3. The molecule has 8 nitrogen and oxygen atoms in total. The first-order valence-corrected chi connectivity index (χ1v) is 12.5. The fourth-order valence-corrected chi connectivity index (χ4v) is 4.69. The highest BCUT2D eigenvalue weighted by atomic mass is 16.2. The number of aromatic nitrogens is 4. The molecular formula is C29H30N6O2. The van der Waals surface area contributed by atoms with Gasteiger partial charge in [0.15, 0.2) is 11.4 Å². The molecule has 0 aliphatic rings. The number of rotatable bonds is 9. The van der Waals surface area contributed by atoms with E-state index in [0.29, 0.717) is 29.9 Å². The van der Waals surface area contributed by atoms with E-state index in [4.69, 9.17) is 5.73 Å². The Labute approximate surface area is 214 Å². The molecule has 2 aromatic carbocycles. The quantitative estimate of drug-likeness (QED) is 0.227. The maximum atomic E-state index is 13.2. The number of nitrogens with zero attached hydrogens (tertiary/aromatic N) is 2. The van der Waals surface area contributed by atoms with E-state index in [1.807, 2.05) is 62.4 Å². The van der Waals surface area contributed by atoms with Crippen LogP contribution < -0.4 is 11.1 Å². The van der Waals surface area contributed by atoms with Gasteiger partial charge < -0.3 is 21.0 Å². The number of Topliss-reactive ketones (excluding diaryl/α,β-unsaturated/α-hetero) is 1. The molecule has 0 spiro atoms. The van der Waals surface area contributed by atoms with E-state index in [1.165, 1.54) is 0 Å². The summed E-state index contributed by atoms with van der Waals surface area (Å²) < 4.78 is 0. The Morgan fingerprint density at radius 1 is 1.03 bits per heavy atom. The molecule has 1 amide bonds. The summed E-state index contributed by atoms with van der Waals surface area (Å²) in [5.74, 6) is 0.938. The number of carbonyl (C=O) groups excluding carboxylic acids is 2. The van der Waals surface area contributed by atoms with Crippen molar-refractivity contribution in [3.05, 3.63) is 77.6 Å². The molecule has 0 saturated carbocycles. The van der Waals surface area contributed by atoms with Crippen LogP contribution in [0.4, 0.5) is 5.82 Å². The van der Waals surface area contributed by atoms with Gasteiger partial charge in [0, 0.05) is 34.1 Å². The molecule has 0 bridgehead atoms. The maximum absolute atomic E-state index is 13.2. The number of aromatic amines is 2. The van der Waals surface area contributed by atoms with Crippen LogP contribution in [0.25, 0.3) is 33.3 Å². The third kappa shape index (κ3) is 5.23. The molecule has 3 heterocycles. The van der Waals surface area contributed by atoms with E-state index in [9.17, 15) is 9.59 Å². The highest BCUT2D eigenvalue weighted by molar-refractivity contribution is 6.02. The first kappa shape index (κ1) is 24.2. The summed E-state index contributed by atoms with van der Waals surface area (Å²) >= 11 is 0. The van der Waals surface area contributed by atoms with Crippen molar-refractivity contribution >= 4 is 39.6 Å². The van der Waals surface area contributed by atoms with E-state index in [0.717, 1.165) is 51.9 Å². The van der Waals surface area contributed by atoms with Gasteiger partial charge in [0.05, 0.1) is 11.6 Å². The van der Waals surface area contributed by atoms with Crippen LogP contribution in [0.3, 0.4) is 0 Å². The lowest BCUT2D eigenvalue weighted by Gasteiger charge is -2.18. The lowest BCUT2D eigenvalue weighted by molar-refractivity contribution is -0.121. The molecule has 188 valence electrons. The molecule has 1 atom stereocenters.